The average Bonchev–Trinajstić information content (AvgIpc) is 3.11. The van der Waals surface area contributed by atoms with E-state index in [9.17, 15) is 4.79 Å². The standard InChI is InChI=1S/C20H26N6OS/c1-5-25(6-2)16-10-8-15(9-11-16)19-23-24-20(26(19)7-3)28-13-18(27)17(12-21)14(4)22/h8-11,17,22H,5-7,13H2,1-4H3/t17-/m1/s1. The van der Waals surface area contributed by atoms with Gasteiger partial charge in [-0.25, -0.2) is 0 Å². The Balaban J connectivity index is 2.19. The van der Waals surface area contributed by atoms with Gasteiger partial charge in [0.1, 0.15) is 5.92 Å². The quantitative estimate of drug-likeness (QED) is 0.484. The maximum absolute atomic E-state index is 12.2. The average molecular weight is 399 g/mol. The van der Waals surface area contributed by atoms with E-state index in [-0.39, 0.29) is 17.2 Å². The van der Waals surface area contributed by atoms with Crippen LogP contribution in [0.3, 0.4) is 0 Å². The highest BCUT2D eigenvalue weighted by molar-refractivity contribution is 7.99. The summed E-state index contributed by atoms with van der Waals surface area (Å²) in [5, 5.41) is 25.8. The number of benzene rings is 1. The van der Waals surface area contributed by atoms with Crippen molar-refractivity contribution >= 4 is 28.9 Å². The summed E-state index contributed by atoms with van der Waals surface area (Å²) in [5.74, 6) is -0.426. The number of nitrogens with one attached hydrogen (secondary N) is 1. The van der Waals surface area contributed by atoms with Crippen molar-refractivity contribution in [1.82, 2.24) is 14.8 Å². The van der Waals surface area contributed by atoms with E-state index >= 15 is 0 Å². The molecule has 0 saturated carbocycles. The van der Waals surface area contributed by atoms with Gasteiger partial charge in [-0.15, -0.1) is 10.2 Å². The van der Waals surface area contributed by atoms with E-state index in [1.807, 2.05) is 29.7 Å². The van der Waals surface area contributed by atoms with Crippen molar-refractivity contribution < 1.29 is 4.79 Å². The molecular formula is C20H26N6OS. The second-order valence-electron chi connectivity index (χ2n) is 6.27. The first-order chi connectivity index (χ1) is 13.5. The van der Waals surface area contributed by atoms with Gasteiger partial charge in [-0.05, 0) is 52.0 Å². The van der Waals surface area contributed by atoms with Crippen LogP contribution in [0.1, 0.15) is 27.7 Å². The second-order valence-corrected chi connectivity index (χ2v) is 7.21. The summed E-state index contributed by atoms with van der Waals surface area (Å²) in [4.78, 5) is 14.5. The minimum Gasteiger partial charge on any atom is -0.372 e. The lowest BCUT2D eigenvalue weighted by atomic mass is 10.0. The Morgan fingerprint density at radius 2 is 1.89 bits per heavy atom. The van der Waals surface area contributed by atoms with Crippen LogP contribution in [0, 0.1) is 22.7 Å². The Labute approximate surface area is 170 Å². The third-order valence-corrected chi connectivity index (χ3v) is 5.50. The monoisotopic (exact) mass is 398 g/mol. The van der Waals surface area contributed by atoms with E-state index in [4.69, 9.17) is 10.7 Å². The molecule has 1 aromatic carbocycles. The molecule has 2 aromatic rings. The molecule has 1 heterocycles. The molecule has 0 aliphatic rings. The van der Waals surface area contributed by atoms with Crippen LogP contribution in [0.5, 0.6) is 0 Å². The number of anilines is 1. The molecule has 1 atom stereocenters. The molecule has 1 aromatic heterocycles. The molecule has 2 rings (SSSR count). The summed E-state index contributed by atoms with van der Waals surface area (Å²) in [6.45, 7) is 10.3. The highest BCUT2D eigenvalue weighted by Crippen LogP contribution is 2.26. The summed E-state index contributed by atoms with van der Waals surface area (Å²) >= 11 is 1.26. The number of ketones is 1. The number of aromatic nitrogens is 3. The first-order valence-electron chi connectivity index (χ1n) is 9.35. The number of thioether (sulfide) groups is 1. The van der Waals surface area contributed by atoms with E-state index in [0.29, 0.717) is 11.7 Å². The number of hydrogen-bond acceptors (Lipinski definition) is 7. The van der Waals surface area contributed by atoms with Crippen molar-refractivity contribution in [2.75, 3.05) is 23.7 Å². The molecule has 0 unspecified atom stereocenters. The molecule has 1 N–H and O–H groups in total. The summed E-state index contributed by atoms with van der Waals surface area (Å²) in [6.07, 6.45) is 0. The van der Waals surface area contributed by atoms with Gasteiger partial charge in [0.25, 0.3) is 0 Å². The number of nitriles is 1. The molecule has 0 aliphatic carbocycles. The van der Waals surface area contributed by atoms with Gasteiger partial charge in [0.2, 0.25) is 0 Å². The third-order valence-electron chi connectivity index (χ3n) is 4.51. The molecule has 28 heavy (non-hydrogen) atoms. The van der Waals surface area contributed by atoms with Crippen molar-refractivity contribution in [3.63, 3.8) is 0 Å². The Kier molecular flexibility index (Phi) is 7.76. The van der Waals surface area contributed by atoms with Crippen LogP contribution in [0.2, 0.25) is 0 Å². The fourth-order valence-corrected chi connectivity index (χ4v) is 3.84. The lowest BCUT2D eigenvalue weighted by molar-refractivity contribution is -0.117. The van der Waals surface area contributed by atoms with Gasteiger partial charge in [0.05, 0.1) is 11.8 Å². The Morgan fingerprint density at radius 3 is 2.39 bits per heavy atom. The lowest BCUT2D eigenvalue weighted by Crippen LogP contribution is -2.21. The van der Waals surface area contributed by atoms with Gasteiger partial charge < -0.3 is 14.9 Å². The largest absolute Gasteiger partial charge is 0.372 e. The fraction of sp³-hybridized carbons (Fsp3) is 0.450. The minimum atomic E-state index is -0.988. The first kappa shape index (κ1) is 21.6. The number of carbonyl (C=O) groups excluding carboxylic acids is 1. The maximum Gasteiger partial charge on any atom is 0.191 e. The number of rotatable bonds is 10. The van der Waals surface area contributed by atoms with Crippen LogP contribution < -0.4 is 4.90 Å². The zero-order chi connectivity index (χ0) is 20.7. The zero-order valence-electron chi connectivity index (χ0n) is 16.8. The molecule has 8 heteroatoms. The second kappa shape index (κ2) is 10.0. The van der Waals surface area contributed by atoms with Crippen molar-refractivity contribution in [2.45, 2.75) is 39.4 Å². The fourth-order valence-electron chi connectivity index (χ4n) is 2.93. The molecule has 0 spiro atoms. The van der Waals surface area contributed by atoms with Gasteiger partial charge in [-0.1, -0.05) is 11.8 Å². The van der Waals surface area contributed by atoms with E-state index in [1.54, 1.807) is 0 Å². The minimum absolute atomic E-state index is 0.0686. The van der Waals surface area contributed by atoms with E-state index in [1.165, 1.54) is 24.4 Å². The number of Topliss-reactive ketones (excluding diaryl/α,β-unsaturated/α-hetero) is 1. The van der Waals surface area contributed by atoms with E-state index in [2.05, 4.69) is 41.1 Å². The van der Waals surface area contributed by atoms with Crippen LogP contribution in [-0.4, -0.2) is 45.1 Å². The van der Waals surface area contributed by atoms with Gasteiger partial charge in [-0.2, -0.15) is 5.26 Å². The molecule has 0 saturated heterocycles. The number of carbonyl (C=O) groups is 1. The SMILES string of the molecule is CCN(CC)c1ccc(-c2nnc(SCC(=O)[C@H](C#N)C(C)=N)n2CC)cc1. The number of hydrogen-bond donors (Lipinski definition) is 1. The molecule has 0 amide bonds. The van der Waals surface area contributed by atoms with Crippen molar-refractivity contribution in [3.05, 3.63) is 24.3 Å². The third kappa shape index (κ3) is 4.78. The van der Waals surface area contributed by atoms with Crippen molar-refractivity contribution in [3.8, 4) is 17.5 Å². The van der Waals surface area contributed by atoms with Crippen molar-refractivity contribution in [2.24, 2.45) is 5.92 Å². The molecule has 0 aliphatic heterocycles. The van der Waals surface area contributed by atoms with Crippen molar-refractivity contribution in [1.29, 1.82) is 10.7 Å². The van der Waals surface area contributed by atoms with Gasteiger partial charge >= 0.3 is 0 Å². The zero-order valence-corrected chi connectivity index (χ0v) is 17.6. The number of nitrogens with zero attached hydrogens (tertiary/aromatic N) is 5. The summed E-state index contributed by atoms with van der Waals surface area (Å²) in [6, 6.07) is 10.1. The highest BCUT2D eigenvalue weighted by atomic mass is 32.2. The van der Waals surface area contributed by atoms with Crippen LogP contribution in [0.15, 0.2) is 29.4 Å². The van der Waals surface area contributed by atoms with Crippen LogP contribution >= 0.6 is 11.8 Å². The van der Waals surface area contributed by atoms with Gasteiger partial charge in [0.15, 0.2) is 16.8 Å². The summed E-state index contributed by atoms with van der Waals surface area (Å²) in [7, 11) is 0. The van der Waals surface area contributed by atoms with E-state index < -0.39 is 5.92 Å². The molecule has 0 fully saturated rings. The summed E-state index contributed by atoms with van der Waals surface area (Å²) < 4.78 is 1.96. The molecule has 148 valence electrons. The Bertz CT molecular complexity index is 864. The normalized spacial score (nSPS) is 11.7. The van der Waals surface area contributed by atoms with Gasteiger partial charge in [-0.3, -0.25) is 4.79 Å². The molecule has 7 nitrogen and oxygen atoms in total. The summed E-state index contributed by atoms with van der Waals surface area (Å²) in [5.41, 5.74) is 2.20. The predicted octanol–water partition coefficient (Wildman–Crippen LogP) is 3.65. The topological polar surface area (TPSA) is 98.7 Å². The highest BCUT2D eigenvalue weighted by Gasteiger charge is 2.22. The maximum atomic E-state index is 12.2. The van der Waals surface area contributed by atoms with Gasteiger partial charge in [0, 0.05) is 36.6 Å². The Hall–Kier alpha value is -2.66. The Morgan fingerprint density at radius 1 is 1.25 bits per heavy atom. The molecule has 0 bridgehead atoms. The molecule has 0 radical (unpaired) electrons. The van der Waals surface area contributed by atoms with E-state index in [0.717, 1.165) is 24.5 Å². The molecular weight excluding hydrogens is 372 g/mol. The van der Waals surface area contributed by atoms with Crippen LogP contribution in [0.25, 0.3) is 11.4 Å². The van der Waals surface area contributed by atoms with Crippen LogP contribution in [-0.2, 0) is 11.3 Å². The first-order valence-corrected chi connectivity index (χ1v) is 10.3. The lowest BCUT2D eigenvalue weighted by Gasteiger charge is -2.21. The predicted molar refractivity (Wildman–Crippen MR) is 113 cm³/mol. The van der Waals surface area contributed by atoms with Crippen LogP contribution in [0.4, 0.5) is 5.69 Å². The smallest absolute Gasteiger partial charge is 0.191 e.